The number of hydrazone groups is 1. The van der Waals surface area contributed by atoms with Crippen LogP contribution in [0.1, 0.15) is 11.6 Å². The molecule has 2 rings (SSSR count). The highest BCUT2D eigenvalue weighted by Gasteiger charge is 2.24. The summed E-state index contributed by atoms with van der Waals surface area (Å²) in [5, 5.41) is 3.81. The van der Waals surface area contributed by atoms with Crippen molar-refractivity contribution in [2.45, 2.75) is 12.7 Å². The number of alkyl halides is 2. The van der Waals surface area contributed by atoms with Gasteiger partial charge >= 0.3 is 6.61 Å². The number of nitrogens with zero attached hydrogens (tertiary/aromatic N) is 1. The molecule has 0 radical (unpaired) electrons. The third kappa shape index (κ3) is 2.58. The van der Waals surface area contributed by atoms with Gasteiger partial charge in [0.25, 0.3) is 0 Å². The minimum atomic E-state index is -2.84. The van der Waals surface area contributed by atoms with Crippen LogP contribution >= 0.6 is 0 Å². The molecular weight excluding hydrogens is 230 g/mol. The van der Waals surface area contributed by atoms with Crippen molar-refractivity contribution in [2.24, 2.45) is 11.0 Å². The Kier molecular flexibility index (Phi) is 3.32. The molecule has 1 aliphatic heterocycles. The number of nitrogens with one attached hydrogen (secondary N) is 1. The molecule has 0 aromatic heterocycles. The first kappa shape index (κ1) is 11.5. The second kappa shape index (κ2) is 4.90. The van der Waals surface area contributed by atoms with Gasteiger partial charge in [0.05, 0.1) is 12.0 Å². The summed E-state index contributed by atoms with van der Waals surface area (Å²) in [6.07, 6.45) is 2.30. The van der Waals surface area contributed by atoms with Crippen LogP contribution in [0.25, 0.3) is 0 Å². The van der Waals surface area contributed by atoms with Crippen LogP contribution in [0.5, 0.6) is 5.75 Å². The van der Waals surface area contributed by atoms with E-state index in [1.165, 1.54) is 18.3 Å². The highest BCUT2D eigenvalue weighted by atomic mass is 19.3. The monoisotopic (exact) mass is 240 g/mol. The molecule has 4 nitrogen and oxygen atoms in total. The molecule has 2 atom stereocenters. The Bertz CT molecular complexity index is 420. The van der Waals surface area contributed by atoms with Gasteiger partial charge in [0.1, 0.15) is 12.0 Å². The lowest BCUT2D eigenvalue weighted by Gasteiger charge is -2.14. The van der Waals surface area contributed by atoms with E-state index in [0.29, 0.717) is 0 Å². The van der Waals surface area contributed by atoms with Crippen LogP contribution in [0.2, 0.25) is 0 Å². The minimum absolute atomic E-state index is 0.0883. The topological polar surface area (TPSA) is 50.7 Å². The van der Waals surface area contributed by atoms with E-state index in [4.69, 9.17) is 0 Å². The zero-order valence-electron chi connectivity index (χ0n) is 8.72. The predicted octanol–water partition coefficient (Wildman–Crippen LogP) is 1.73. The third-order valence-corrected chi connectivity index (χ3v) is 2.47. The Labute approximate surface area is 96.3 Å². The fraction of sp³-hybridized carbons (Fsp3) is 0.273. The number of hydrogen-bond donors (Lipinski definition) is 1. The molecule has 0 fully saturated rings. The van der Waals surface area contributed by atoms with Gasteiger partial charge in [-0.15, -0.1) is 0 Å². The van der Waals surface area contributed by atoms with Crippen molar-refractivity contribution in [1.82, 2.24) is 5.43 Å². The van der Waals surface area contributed by atoms with Gasteiger partial charge < -0.3 is 15.0 Å². The average molecular weight is 240 g/mol. The molecule has 6 heteroatoms. The zero-order valence-corrected chi connectivity index (χ0v) is 8.72. The van der Waals surface area contributed by atoms with Gasteiger partial charge in [-0.25, -0.2) is 0 Å². The Morgan fingerprint density at radius 1 is 1.35 bits per heavy atom. The summed E-state index contributed by atoms with van der Waals surface area (Å²) >= 11 is 0. The fourth-order valence-electron chi connectivity index (χ4n) is 1.65. The molecule has 90 valence electrons. The van der Waals surface area contributed by atoms with Crippen LogP contribution in [-0.2, 0) is 4.79 Å². The normalized spacial score (nSPS) is 22.5. The van der Waals surface area contributed by atoms with Crippen LogP contribution in [0, 0.1) is 5.92 Å². The van der Waals surface area contributed by atoms with Crippen LogP contribution in [-0.4, -0.2) is 19.1 Å². The molecule has 0 amide bonds. The van der Waals surface area contributed by atoms with E-state index in [0.717, 1.165) is 11.8 Å². The van der Waals surface area contributed by atoms with Gasteiger partial charge in [-0.2, -0.15) is 13.9 Å². The number of benzene rings is 1. The fourth-order valence-corrected chi connectivity index (χ4v) is 1.65. The van der Waals surface area contributed by atoms with E-state index in [9.17, 15) is 13.6 Å². The van der Waals surface area contributed by atoms with Gasteiger partial charge in [-0.1, -0.05) is 12.1 Å². The Hall–Kier alpha value is -1.98. The minimum Gasteiger partial charge on any atom is -0.435 e. The second-order valence-electron chi connectivity index (χ2n) is 3.55. The maximum atomic E-state index is 11.9. The molecule has 1 heterocycles. The Morgan fingerprint density at radius 3 is 2.65 bits per heavy atom. The smallest absolute Gasteiger partial charge is 0.387 e. The summed E-state index contributed by atoms with van der Waals surface area (Å²) in [7, 11) is 0. The molecule has 1 aromatic rings. The first-order valence-electron chi connectivity index (χ1n) is 4.99. The molecule has 2 unspecified atom stereocenters. The highest BCUT2D eigenvalue weighted by Crippen LogP contribution is 2.25. The first-order chi connectivity index (χ1) is 8.20. The molecule has 1 aliphatic rings. The number of rotatable bonds is 4. The van der Waals surface area contributed by atoms with Crippen molar-refractivity contribution in [3.8, 4) is 5.75 Å². The van der Waals surface area contributed by atoms with Crippen molar-refractivity contribution in [1.29, 1.82) is 0 Å². The lowest BCUT2D eigenvalue weighted by atomic mass is 9.97. The van der Waals surface area contributed by atoms with Crippen molar-refractivity contribution in [3.63, 3.8) is 0 Å². The summed E-state index contributed by atoms with van der Waals surface area (Å²) in [5.74, 6) is -0.248. The van der Waals surface area contributed by atoms with Crippen LogP contribution in [0.15, 0.2) is 29.4 Å². The van der Waals surface area contributed by atoms with Gasteiger partial charge in [0, 0.05) is 6.21 Å². The molecule has 17 heavy (non-hydrogen) atoms. The summed E-state index contributed by atoms with van der Waals surface area (Å²) in [5.41, 5.74) is 3.58. The molecule has 1 N–H and O–H groups in total. The van der Waals surface area contributed by atoms with Gasteiger partial charge in [0.2, 0.25) is 0 Å². The maximum Gasteiger partial charge on any atom is 0.387 e. The number of hydrogen-bond acceptors (Lipinski definition) is 4. The molecular formula is C11H10F2N2O2. The van der Waals surface area contributed by atoms with E-state index in [1.807, 2.05) is 0 Å². The lowest BCUT2D eigenvalue weighted by Crippen LogP contribution is -2.19. The molecule has 0 saturated heterocycles. The van der Waals surface area contributed by atoms with Crippen molar-refractivity contribution in [3.05, 3.63) is 29.8 Å². The van der Waals surface area contributed by atoms with Crippen LogP contribution in [0.3, 0.4) is 0 Å². The highest BCUT2D eigenvalue weighted by molar-refractivity contribution is 5.83. The summed E-state index contributed by atoms with van der Waals surface area (Å²) in [6.45, 7) is -2.84. The maximum absolute atomic E-state index is 11.9. The van der Waals surface area contributed by atoms with Crippen LogP contribution in [0.4, 0.5) is 8.78 Å². The zero-order chi connectivity index (χ0) is 12.3. The quantitative estimate of drug-likeness (QED) is 0.815. The number of carbonyl (C=O) groups is 1. The number of aldehydes is 1. The van der Waals surface area contributed by atoms with E-state index in [-0.39, 0.29) is 17.7 Å². The average Bonchev–Trinajstić information content (AvgIpc) is 2.77. The third-order valence-electron chi connectivity index (χ3n) is 2.47. The van der Waals surface area contributed by atoms with Crippen LogP contribution < -0.4 is 10.2 Å². The lowest BCUT2D eigenvalue weighted by molar-refractivity contribution is -0.109. The van der Waals surface area contributed by atoms with E-state index in [1.54, 1.807) is 12.1 Å². The van der Waals surface area contributed by atoms with Gasteiger partial charge in [-0.3, -0.25) is 0 Å². The second-order valence-corrected chi connectivity index (χ2v) is 3.55. The largest absolute Gasteiger partial charge is 0.435 e. The Balaban J connectivity index is 2.10. The molecule has 1 aromatic carbocycles. The van der Waals surface area contributed by atoms with Gasteiger partial charge in [-0.05, 0) is 17.7 Å². The summed E-state index contributed by atoms with van der Waals surface area (Å²) in [6, 6.07) is 5.88. The summed E-state index contributed by atoms with van der Waals surface area (Å²) in [4.78, 5) is 10.7. The number of halogens is 2. The standard InChI is InChI=1S/C11H10F2N2O2/c12-11(13)17-9-3-1-7(2-4-9)10-8(6-16)5-14-15-10/h1-6,8,10-11,15H. The molecule has 0 spiro atoms. The van der Waals surface area contributed by atoms with Crippen molar-refractivity contribution in [2.75, 3.05) is 0 Å². The summed E-state index contributed by atoms with van der Waals surface area (Å²) < 4.78 is 28.1. The van der Waals surface area contributed by atoms with Crippen molar-refractivity contribution < 1.29 is 18.3 Å². The SMILES string of the molecule is O=CC1C=NNC1c1ccc(OC(F)F)cc1. The first-order valence-corrected chi connectivity index (χ1v) is 4.99. The molecule has 0 bridgehead atoms. The number of ether oxygens (including phenoxy) is 1. The predicted molar refractivity (Wildman–Crippen MR) is 57.0 cm³/mol. The van der Waals surface area contributed by atoms with Gasteiger partial charge in [0.15, 0.2) is 0 Å². The van der Waals surface area contributed by atoms with E-state index < -0.39 is 6.61 Å². The molecule has 0 aliphatic carbocycles. The van der Waals surface area contributed by atoms with E-state index >= 15 is 0 Å². The number of carbonyl (C=O) groups excluding carboxylic acids is 1. The Morgan fingerprint density at radius 2 is 2.06 bits per heavy atom. The molecule has 0 saturated carbocycles. The van der Waals surface area contributed by atoms with Crippen molar-refractivity contribution >= 4 is 12.5 Å². The van der Waals surface area contributed by atoms with E-state index in [2.05, 4.69) is 15.3 Å².